The number of anilines is 1. The van der Waals surface area contributed by atoms with Crippen molar-refractivity contribution in [2.45, 2.75) is 64.8 Å². The van der Waals surface area contributed by atoms with Crippen molar-refractivity contribution in [3.8, 4) is 17.4 Å². The molecule has 5 heterocycles. The maximum Gasteiger partial charge on any atom is 0.282 e. The van der Waals surface area contributed by atoms with Gasteiger partial charge in [-0.25, -0.2) is 9.37 Å². The van der Waals surface area contributed by atoms with Crippen LogP contribution in [0.5, 0.6) is 17.4 Å². The summed E-state index contributed by atoms with van der Waals surface area (Å²) >= 11 is 0. The fourth-order valence-electron chi connectivity index (χ4n) is 7.31. The number of hydrogen-bond acceptors (Lipinski definition) is 11. The van der Waals surface area contributed by atoms with Crippen LogP contribution >= 0.6 is 0 Å². The van der Waals surface area contributed by atoms with Crippen molar-refractivity contribution in [1.82, 2.24) is 30.0 Å². The van der Waals surface area contributed by atoms with Crippen LogP contribution in [-0.2, 0) is 22.4 Å². The van der Waals surface area contributed by atoms with E-state index >= 15 is 0 Å². The summed E-state index contributed by atoms with van der Waals surface area (Å²) in [6, 6.07) is 5.87. The molecule has 1 atom stereocenters. The van der Waals surface area contributed by atoms with Crippen LogP contribution in [0.3, 0.4) is 0 Å². The van der Waals surface area contributed by atoms with Crippen LogP contribution in [0.15, 0.2) is 36.8 Å². The molecule has 47 heavy (non-hydrogen) atoms. The third-order valence-electron chi connectivity index (χ3n) is 9.64. The minimum absolute atomic E-state index is 0.0551. The second kappa shape index (κ2) is 13.3. The third-order valence-corrected chi connectivity index (χ3v) is 9.64. The molecule has 2 aromatic heterocycles. The SMILES string of the molecule is CCN(C(=O)c1cc(F)ccc1Oc1nncnc1N1CC2(CC(Oc3ccnc4c3CN(C[C@@H]3COCCO3)CC4)C2)C1)C(C)C. The molecular weight excluding hydrogens is 605 g/mol. The van der Waals surface area contributed by atoms with Gasteiger partial charge in [0.2, 0.25) is 0 Å². The van der Waals surface area contributed by atoms with Crippen molar-refractivity contribution in [2.75, 3.05) is 57.4 Å². The highest BCUT2D eigenvalue weighted by Crippen LogP contribution is 2.52. The molecule has 250 valence electrons. The van der Waals surface area contributed by atoms with Crippen molar-refractivity contribution >= 4 is 11.7 Å². The lowest BCUT2D eigenvalue weighted by Crippen LogP contribution is -2.65. The number of nitrogens with zero attached hydrogens (tertiary/aromatic N) is 7. The second-order valence-corrected chi connectivity index (χ2v) is 13.3. The first kappa shape index (κ1) is 31.6. The summed E-state index contributed by atoms with van der Waals surface area (Å²) < 4.78 is 38.5. The summed E-state index contributed by atoms with van der Waals surface area (Å²) in [5.74, 6) is 1.04. The van der Waals surface area contributed by atoms with E-state index in [0.717, 1.165) is 63.4 Å². The van der Waals surface area contributed by atoms with Crippen LogP contribution in [0.4, 0.5) is 10.2 Å². The molecule has 3 aliphatic heterocycles. The van der Waals surface area contributed by atoms with Crippen LogP contribution in [0.2, 0.25) is 0 Å². The Balaban J connectivity index is 0.978. The van der Waals surface area contributed by atoms with E-state index < -0.39 is 5.82 Å². The lowest BCUT2D eigenvalue weighted by Gasteiger charge is -2.58. The van der Waals surface area contributed by atoms with Gasteiger partial charge in [0.05, 0.1) is 31.5 Å². The highest BCUT2D eigenvalue weighted by molar-refractivity contribution is 5.97. The molecule has 1 saturated carbocycles. The van der Waals surface area contributed by atoms with Gasteiger partial charge < -0.3 is 28.7 Å². The molecule has 0 N–H and O–H groups in total. The van der Waals surface area contributed by atoms with Gasteiger partial charge in [-0.15, -0.1) is 10.2 Å². The number of ether oxygens (including phenoxy) is 4. The summed E-state index contributed by atoms with van der Waals surface area (Å²) in [6.45, 7) is 12.3. The zero-order chi connectivity index (χ0) is 32.5. The minimum atomic E-state index is -0.516. The van der Waals surface area contributed by atoms with E-state index in [1.54, 1.807) is 4.90 Å². The van der Waals surface area contributed by atoms with Crippen LogP contribution in [0.25, 0.3) is 0 Å². The second-order valence-electron chi connectivity index (χ2n) is 13.3. The molecule has 1 amide bonds. The molecular formula is C34H42FN7O5. The number of hydrogen-bond donors (Lipinski definition) is 0. The lowest BCUT2D eigenvalue weighted by atomic mass is 9.61. The molecule has 13 heteroatoms. The highest BCUT2D eigenvalue weighted by Gasteiger charge is 2.54. The monoisotopic (exact) mass is 647 g/mol. The first-order valence-corrected chi connectivity index (χ1v) is 16.6. The number of halogens is 1. The van der Waals surface area contributed by atoms with Crippen molar-refractivity contribution < 1.29 is 28.1 Å². The Labute approximate surface area is 274 Å². The molecule has 12 nitrogen and oxygen atoms in total. The van der Waals surface area contributed by atoms with E-state index in [2.05, 4.69) is 30.0 Å². The fourth-order valence-corrected chi connectivity index (χ4v) is 7.31. The maximum atomic E-state index is 14.3. The predicted octanol–water partition coefficient (Wildman–Crippen LogP) is 3.89. The van der Waals surface area contributed by atoms with Gasteiger partial charge in [-0.3, -0.25) is 14.7 Å². The van der Waals surface area contributed by atoms with Crippen molar-refractivity contribution in [3.05, 3.63) is 59.4 Å². The van der Waals surface area contributed by atoms with Gasteiger partial charge in [-0.1, -0.05) is 0 Å². The molecule has 2 saturated heterocycles. The van der Waals surface area contributed by atoms with Crippen molar-refractivity contribution in [2.24, 2.45) is 5.41 Å². The lowest BCUT2D eigenvalue weighted by molar-refractivity contribution is -0.0986. The Bertz CT molecular complexity index is 1590. The van der Waals surface area contributed by atoms with Gasteiger partial charge in [-0.05, 0) is 57.9 Å². The number of carbonyl (C=O) groups excluding carboxylic acids is 1. The first-order valence-electron chi connectivity index (χ1n) is 16.6. The average Bonchev–Trinajstić information content (AvgIpc) is 3.03. The van der Waals surface area contributed by atoms with Crippen LogP contribution in [0.1, 0.15) is 55.2 Å². The van der Waals surface area contributed by atoms with Gasteiger partial charge >= 0.3 is 0 Å². The number of pyridine rings is 1. The van der Waals surface area contributed by atoms with E-state index in [-0.39, 0.29) is 46.8 Å². The fraction of sp³-hybridized carbons (Fsp3) is 0.559. The maximum absolute atomic E-state index is 14.3. The summed E-state index contributed by atoms with van der Waals surface area (Å²) in [5.41, 5.74) is 2.55. The first-order chi connectivity index (χ1) is 22.8. The third kappa shape index (κ3) is 6.61. The van der Waals surface area contributed by atoms with E-state index in [1.807, 2.05) is 33.0 Å². The van der Waals surface area contributed by atoms with Crippen molar-refractivity contribution in [1.29, 1.82) is 0 Å². The Morgan fingerprint density at radius 3 is 2.79 bits per heavy atom. The summed E-state index contributed by atoms with van der Waals surface area (Å²) in [4.78, 5) is 28.6. The van der Waals surface area contributed by atoms with Crippen molar-refractivity contribution in [3.63, 3.8) is 0 Å². The van der Waals surface area contributed by atoms with E-state index in [4.69, 9.17) is 18.9 Å². The molecule has 4 aliphatic rings. The van der Waals surface area contributed by atoms with Crippen LogP contribution < -0.4 is 14.4 Å². The van der Waals surface area contributed by atoms with E-state index in [0.29, 0.717) is 32.2 Å². The molecule has 7 rings (SSSR count). The molecule has 0 unspecified atom stereocenters. The number of carbonyl (C=O) groups is 1. The molecule has 1 spiro atoms. The van der Waals surface area contributed by atoms with Crippen LogP contribution in [-0.4, -0.2) is 107 Å². The summed E-state index contributed by atoms with van der Waals surface area (Å²) in [7, 11) is 0. The molecule has 3 aromatic rings. The van der Waals surface area contributed by atoms with Crippen LogP contribution in [0, 0.1) is 11.2 Å². The Morgan fingerprint density at radius 2 is 2.02 bits per heavy atom. The van der Waals surface area contributed by atoms with Gasteiger partial charge in [0, 0.05) is 74.6 Å². The average molecular weight is 648 g/mol. The number of fused-ring (bicyclic) bond motifs is 1. The normalized spacial score (nSPS) is 20.8. The zero-order valence-corrected chi connectivity index (χ0v) is 27.2. The molecule has 1 aliphatic carbocycles. The van der Waals surface area contributed by atoms with Gasteiger partial charge in [-0.2, -0.15) is 0 Å². The number of amides is 1. The Morgan fingerprint density at radius 1 is 1.17 bits per heavy atom. The molecule has 0 radical (unpaired) electrons. The number of rotatable bonds is 10. The smallest absolute Gasteiger partial charge is 0.282 e. The van der Waals surface area contributed by atoms with E-state index in [9.17, 15) is 9.18 Å². The predicted molar refractivity (Wildman–Crippen MR) is 170 cm³/mol. The van der Waals surface area contributed by atoms with E-state index in [1.165, 1.54) is 30.1 Å². The van der Waals surface area contributed by atoms with Gasteiger partial charge in [0.1, 0.15) is 29.7 Å². The molecule has 0 bridgehead atoms. The quantitative estimate of drug-likeness (QED) is 0.319. The number of aromatic nitrogens is 4. The topological polar surface area (TPSA) is 115 Å². The molecule has 3 fully saturated rings. The minimum Gasteiger partial charge on any atom is -0.490 e. The summed E-state index contributed by atoms with van der Waals surface area (Å²) in [5, 5.41) is 8.13. The summed E-state index contributed by atoms with van der Waals surface area (Å²) in [6.07, 6.45) is 6.24. The standard InChI is InChI=1S/C34H42FN7O5/c1-4-42(22(2)3)33(43)26-13-23(35)5-6-29(26)47-32-31(37-21-38-39-32)41-19-34(20-41)14-24(15-34)46-30-7-9-36-28-8-10-40(17-27(28)30)16-25-18-44-11-12-45-25/h5-7,9,13,21-22,24-25H,4,8,10-12,14-20H2,1-3H3/t25-/m1/s1. The largest absolute Gasteiger partial charge is 0.490 e. The van der Waals surface area contributed by atoms with Gasteiger partial charge in [0.25, 0.3) is 11.8 Å². The highest BCUT2D eigenvalue weighted by atomic mass is 19.1. The Hall–Kier alpha value is -3.94. The Kier molecular flexibility index (Phi) is 8.95. The number of benzene rings is 1. The van der Waals surface area contributed by atoms with Gasteiger partial charge in [0.15, 0.2) is 5.82 Å². The zero-order valence-electron chi connectivity index (χ0n) is 27.2. The molecule has 1 aromatic carbocycles.